The van der Waals surface area contributed by atoms with E-state index in [4.69, 9.17) is 4.74 Å². The quantitative estimate of drug-likeness (QED) is 0.721. The van der Waals surface area contributed by atoms with Crippen molar-refractivity contribution in [3.05, 3.63) is 29.3 Å². The SMILES string of the molecule is CC.CC.COc1cccc2c1CCC2=O. The molecule has 0 atom stereocenters. The van der Waals surface area contributed by atoms with Gasteiger partial charge in [0.1, 0.15) is 5.75 Å². The van der Waals surface area contributed by atoms with Crippen LogP contribution in [-0.4, -0.2) is 12.9 Å². The van der Waals surface area contributed by atoms with Gasteiger partial charge in [-0.1, -0.05) is 39.8 Å². The molecular formula is C14H22O2. The Balaban J connectivity index is 0.000000509. The third kappa shape index (κ3) is 3.09. The van der Waals surface area contributed by atoms with Crippen molar-refractivity contribution < 1.29 is 9.53 Å². The molecule has 0 aliphatic heterocycles. The molecule has 2 heteroatoms. The molecule has 0 saturated carbocycles. The molecule has 0 radical (unpaired) electrons. The molecule has 0 spiro atoms. The Hall–Kier alpha value is -1.31. The number of fused-ring (bicyclic) bond motifs is 1. The summed E-state index contributed by atoms with van der Waals surface area (Å²) < 4.78 is 5.15. The lowest BCUT2D eigenvalue weighted by Crippen LogP contribution is -1.92. The van der Waals surface area contributed by atoms with Gasteiger partial charge in [0.2, 0.25) is 0 Å². The molecule has 0 N–H and O–H groups in total. The Morgan fingerprint density at radius 1 is 1.06 bits per heavy atom. The normalized spacial score (nSPS) is 11.7. The molecule has 0 saturated heterocycles. The molecule has 90 valence electrons. The molecule has 0 heterocycles. The standard InChI is InChI=1S/C10H10O2.2C2H6/c1-12-10-4-2-3-7-8(10)5-6-9(7)11;2*1-2/h2-4H,5-6H2,1H3;2*1-2H3. The highest BCUT2D eigenvalue weighted by molar-refractivity contribution is 6.01. The van der Waals surface area contributed by atoms with Gasteiger partial charge in [-0.15, -0.1) is 0 Å². The van der Waals surface area contributed by atoms with Gasteiger partial charge in [0.25, 0.3) is 0 Å². The van der Waals surface area contributed by atoms with Crippen molar-refractivity contribution >= 4 is 5.78 Å². The molecule has 0 amide bonds. The Bertz CT molecular complexity index is 330. The number of hydrogen-bond donors (Lipinski definition) is 0. The first kappa shape index (κ1) is 14.7. The van der Waals surface area contributed by atoms with Gasteiger partial charge in [-0.05, 0) is 12.5 Å². The molecule has 0 fully saturated rings. The van der Waals surface area contributed by atoms with Crippen LogP contribution in [0.25, 0.3) is 0 Å². The van der Waals surface area contributed by atoms with E-state index in [0.717, 1.165) is 23.3 Å². The topological polar surface area (TPSA) is 26.3 Å². The lowest BCUT2D eigenvalue weighted by atomic mass is 10.1. The fourth-order valence-electron chi connectivity index (χ4n) is 1.65. The molecule has 0 aromatic heterocycles. The van der Waals surface area contributed by atoms with Crippen molar-refractivity contribution in [2.24, 2.45) is 0 Å². The summed E-state index contributed by atoms with van der Waals surface area (Å²) in [6.07, 6.45) is 1.47. The Morgan fingerprint density at radius 2 is 1.69 bits per heavy atom. The fourth-order valence-corrected chi connectivity index (χ4v) is 1.65. The molecule has 0 unspecified atom stereocenters. The summed E-state index contributed by atoms with van der Waals surface area (Å²) in [7, 11) is 1.64. The maximum absolute atomic E-state index is 11.3. The minimum absolute atomic E-state index is 0.240. The van der Waals surface area contributed by atoms with E-state index in [2.05, 4.69) is 0 Å². The maximum atomic E-state index is 11.3. The first-order valence-corrected chi connectivity index (χ1v) is 6.02. The number of ether oxygens (including phenoxy) is 1. The molecular weight excluding hydrogens is 200 g/mol. The third-order valence-corrected chi connectivity index (χ3v) is 2.26. The second-order valence-electron chi connectivity index (χ2n) is 2.91. The van der Waals surface area contributed by atoms with Crippen LogP contribution < -0.4 is 4.74 Å². The summed E-state index contributed by atoms with van der Waals surface area (Å²) in [4.78, 5) is 11.3. The van der Waals surface area contributed by atoms with Crippen molar-refractivity contribution in [2.45, 2.75) is 40.5 Å². The van der Waals surface area contributed by atoms with Gasteiger partial charge < -0.3 is 4.74 Å². The molecule has 2 nitrogen and oxygen atoms in total. The molecule has 1 aliphatic carbocycles. The van der Waals surface area contributed by atoms with E-state index in [-0.39, 0.29) is 5.78 Å². The number of ketones is 1. The summed E-state index contributed by atoms with van der Waals surface area (Å²) in [6.45, 7) is 8.00. The van der Waals surface area contributed by atoms with Crippen LogP contribution in [0.3, 0.4) is 0 Å². The number of rotatable bonds is 1. The van der Waals surface area contributed by atoms with E-state index < -0.39 is 0 Å². The van der Waals surface area contributed by atoms with Crippen molar-refractivity contribution in [3.8, 4) is 5.75 Å². The van der Waals surface area contributed by atoms with Gasteiger partial charge in [0.15, 0.2) is 5.78 Å². The second kappa shape index (κ2) is 7.91. The van der Waals surface area contributed by atoms with Crippen molar-refractivity contribution in [1.29, 1.82) is 0 Å². The molecule has 2 rings (SSSR count). The summed E-state index contributed by atoms with van der Waals surface area (Å²) in [6, 6.07) is 5.63. The highest BCUT2D eigenvalue weighted by Gasteiger charge is 2.21. The summed E-state index contributed by atoms with van der Waals surface area (Å²) in [5.41, 5.74) is 1.92. The van der Waals surface area contributed by atoms with Gasteiger partial charge in [-0.25, -0.2) is 0 Å². The zero-order chi connectivity index (χ0) is 12.6. The largest absolute Gasteiger partial charge is 0.496 e. The highest BCUT2D eigenvalue weighted by Crippen LogP contribution is 2.29. The van der Waals surface area contributed by atoms with Crippen LogP contribution in [0.5, 0.6) is 5.75 Å². The Kier molecular flexibility index (Phi) is 7.27. The number of hydrogen-bond acceptors (Lipinski definition) is 2. The minimum Gasteiger partial charge on any atom is -0.496 e. The Morgan fingerprint density at radius 3 is 2.25 bits per heavy atom. The van der Waals surface area contributed by atoms with E-state index in [1.54, 1.807) is 7.11 Å². The van der Waals surface area contributed by atoms with Crippen molar-refractivity contribution in [3.63, 3.8) is 0 Å². The molecule has 1 aromatic carbocycles. The number of carbonyl (C=O) groups is 1. The predicted molar refractivity (Wildman–Crippen MR) is 68.3 cm³/mol. The molecule has 0 bridgehead atoms. The van der Waals surface area contributed by atoms with Crippen LogP contribution in [0.1, 0.15) is 50.0 Å². The van der Waals surface area contributed by atoms with Crippen LogP contribution in [0.15, 0.2) is 18.2 Å². The van der Waals surface area contributed by atoms with Gasteiger partial charge in [0.05, 0.1) is 7.11 Å². The first-order chi connectivity index (χ1) is 7.83. The van der Waals surface area contributed by atoms with Crippen LogP contribution in [0, 0.1) is 0 Å². The number of methoxy groups -OCH3 is 1. The van der Waals surface area contributed by atoms with E-state index in [1.165, 1.54) is 0 Å². The molecule has 1 aromatic rings. The van der Waals surface area contributed by atoms with E-state index >= 15 is 0 Å². The van der Waals surface area contributed by atoms with Crippen LogP contribution in [0.2, 0.25) is 0 Å². The van der Waals surface area contributed by atoms with E-state index in [9.17, 15) is 4.79 Å². The fraction of sp³-hybridized carbons (Fsp3) is 0.500. The second-order valence-corrected chi connectivity index (χ2v) is 2.91. The van der Waals surface area contributed by atoms with E-state index in [0.29, 0.717) is 6.42 Å². The number of carbonyl (C=O) groups excluding carboxylic acids is 1. The lowest BCUT2D eigenvalue weighted by molar-refractivity contribution is 0.0994. The third-order valence-electron chi connectivity index (χ3n) is 2.26. The summed E-state index contributed by atoms with van der Waals surface area (Å²) in [5.74, 6) is 1.09. The molecule has 1 aliphatic rings. The van der Waals surface area contributed by atoms with Gasteiger partial charge in [-0.2, -0.15) is 0 Å². The Labute approximate surface area is 98.6 Å². The highest BCUT2D eigenvalue weighted by atomic mass is 16.5. The first-order valence-electron chi connectivity index (χ1n) is 6.02. The molecule has 16 heavy (non-hydrogen) atoms. The van der Waals surface area contributed by atoms with Crippen LogP contribution >= 0.6 is 0 Å². The van der Waals surface area contributed by atoms with Crippen molar-refractivity contribution in [2.75, 3.05) is 7.11 Å². The van der Waals surface area contributed by atoms with Gasteiger partial charge in [0, 0.05) is 17.5 Å². The predicted octanol–water partition coefficient (Wildman–Crippen LogP) is 3.88. The van der Waals surface area contributed by atoms with Crippen molar-refractivity contribution in [1.82, 2.24) is 0 Å². The average molecular weight is 222 g/mol. The maximum Gasteiger partial charge on any atom is 0.163 e. The van der Waals surface area contributed by atoms with E-state index in [1.807, 2.05) is 45.9 Å². The number of Topliss-reactive ketones (excluding diaryl/α,β-unsaturated/α-hetero) is 1. The van der Waals surface area contributed by atoms with Crippen LogP contribution in [-0.2, 0) is 6.42 Å². The smallest absolute Gasteiger partial charge is 0.163 e. The van der Waals surface area contributed by atoms with Gasteiger partial charge >= 0.3 is 0 Å². The monoisotopic (exact) mass is 222 g/mol. The number of benzene rings is 1. The zero-order valence-corrected chi connectivity index (χ0v) is 11.0. The zero-order valence-electron chi connectivity index (χ0n) is 11.0. The minimum atomic E-state index is 0.240. The summed E-state index contributed by atoms with van der Waals surface area (Å²) in [5, 5.41) is 0. The van der Waals surface area contributed by atoms with Crippen LogP contribution in [0.4, 0.5) is 0 Å². The summed E-state index contributed by atoms with van der Waals surface area (Å²) >= 11 is 0. The average Bonchev–Trinajstić information content (AvgIpc) is 2.76. The van der Waals surface area contributed by atoms with Gasteiger partial charge in [-0.3, -0.25) is 4.79 Å². The lowest BCUT2D eigenvalue weighted by Gasteiger charge is -2.04.